The Kier molecular flexibility index (Phi) is 4.44. The molecule has 0 saturated carbocycles. The number of hydrogen-bond donors (Lipinski definition) is 1. The Labute approximate surface area is 121 Å². The van der Waals surface area contributed by atoms with Crippen LogP contribution in [0.3, 0.4) is 0 Å². The fraction of sp³-hybridized carbons (Fsp3) is 0.533. The van der Waals surface area contributed by atoms with Gasteiger partial charge in [-0.2, -0.15) is 13.2 Å². The second-order valence-electron chi connectivity index (χ2n) is 5.44. The highest BCUT2D eigenvalue weighted by Gasteiger charge is 2.34. The molecule has 0 aromatic heterocycles. The molecule has 1 amide bonds. The van der Waals surface area contributed by atoms with Gasteiger partial charge in [0.25, 0.3) is 5.91 Å². The van der Waals surface area contributed by atoms with Gasteiger partial charge in [-0.15, -0.1) is 0 Å². The molecule has 0 unspecified atom stereocenters. The van der Waals surface area contributed by atoms with E-state index < -0.39 is 11.7 Å². The van der Waals surface area contributed by atoms with Crippen LogP contribution in [-0.2, 0) is 6.18 Å². The van der Waals surface area contributed by atoms with Gasteiger partial charge in [-0.25, -0.2) is 0 Å². The number of benzene rings is 1. The van der Waals surface area contributed by atoms with Crippen LogP contribution in [0.2, 0.25) is 0 Å². The maximum atomic E-state index is 12.8. The van der Waals surface area contributed by atoms with E-state index >= 15 is 0 Å². The van der Waals surface area contributed by atoms with Crippen LogP contribution in [0.1, 0.15) is 42.1 Å². The van der Waals surface area contributed by atoms with Crippen molar-refractivity contribution >= 4 is 11.6 Å². The van der Waals surface area contributed by atoms with Crippen LogP contribution < -0.4 is 5.73 Å². The number of anilines is 1. The molecule has 0 aliphatic carbocycles. The molecule has 21 heavy (non-hydrogen) atoms. The summed E-state index contributed by atoms with van der Waals surface area (Å²) in [4.78, 5) is 13.9. The number of likely N-dealkylation sites (tertiary alicyclic amines) is 1. The summed E-state index contributed by atoms with van der Waals surface area (Å²) in [6.45, 7) is 3.31. The van der Waals surface area contributed by atoms with Crippen molar-refractivity contribution in [2.45, 2.75) is 32.4 Å². The van der Waals surface area contributed by atoms with E-state index in [9.17, 15) is 18.0 Å². The molecule has 3 nitrogen and oxygen atoms in total. The molecule has 0 atom stereocenters. The Morgan fingerprint density at radius 2 is 1.95 bits per heavy atom. The van der Waals surface area contributed by atoms with Crippen LogP contribution in [0, 0.1) is 5.92 Å². The number of carbonyl (C=O) groups excluding carboxylic acids is 1. The van der Waals surface area contributed by atoms with Crippen LogP contribution in [0.5, 0.6) is 0 Å². The fourth-order valence-corrected chi connectivity index (χ4v) is 2.66. The topological polar surface area (TPSA) is 46.3 Å². The first kappa shape index (κ1) is 15.7. The zero-order valence-electron chi connectivity index (χ0n) is 11.9. The molecule has 116 valence electrons. The number of carbonyl (C=O) groups is 1. The number of piperidine rings is 1. The lowest BCUT2D eigenvalue weighted by Crippen LogP contribution is -2.38. The Hall–Kier alpha value is -1.72. The summed E-state index contributed by atoms with van der Waals surface area (Å²) in [6.07, 6.45) is -1.66. The van der Waals surface area contributed by atoms with Gasteiger partial charge in [0.2, 0.25) is 0 Å². The number of alkyl halides is 3. The summed E-state index contributed by atoms with van der Waals surface area (Å²) in [6, 6.07) is 3.36. The predicted molar refractivity (Wildman–Crippen MR) is 74.8 cm³/mol. The van der Waals surface area contributed by atoms with Crippen molar-refractivity contribution < 1.29 is 18.0 Å². The first-order valence-electron chi connectivity index (χ1n) is 7.09. The number of nitrogens with zero attached hydrogens (tertiary/aromatic N) is 1. The lowest BCUT2D eigenvalue weighted by Gasteiger charge is -2.31. The molecule has 2 N–H and O–H groups in total. The Bertz CT molecular complexity index is 520. The summed E-state index contributed by atoms with van der Waals surface area (Å²) in [7, 11) is 0. The molecule has 0 spiro atoms. The third-order valence-corrected chi connectivity index (χ3v) is 4.08. The average molecular weight is 300 g/mol. The summed E-state index contributed by atoms with van der Waals surface area (Å²) in [5.41, 5.74) is 4.09. The monoisotopic (exact) mass is 300 g/mol. The smallest absolute Gasteiger partial charge is 0.398 e. The molecule has 0 radical (unpaired) electrons. The van der Waals surface area contributed by atoms with E-state index in [2.05, 4.69) is 6.92 Å². The molecule has 1 aromatic rings. The third-order valence-electron chi connectivity index (χ3n) is 4.08. The van der Waals surface area contributed by atoms with Crippen LogP contribution in [0.15, 0.2) is 18.2 Å². The maximum Gasteiger partial charge on any atom is 0.418 e. The highest BCUT2D eigenvalue weighted by Crippen LogP contribution is 2.34. The minimum Gasteiger partial charge on any atom is -0.398 e. The molecule has 0 bridgehead atoms. The molecule has 1 heterocycles. The van der Waals surface area contributed by atoms with Gasteiger partial charge in [-0.05, 0) is 37.0 Å². The summed E-state index contributed by atoms with van der Waals surface area (Å²) >= 11 is 0. The second-order valence-corrected chi connectivity index (χ2v) is 5.44. The minimum absolute atomic E-state index is 0.0477. The average Bonchev–Trinajstić information content (AvgIpc) is 2.46. The van der Waals surface area contributed by atoms with Crippen LogP contribution in [-0.4, -0.2) is 23.9 Å². The number of nitrogens with two attached hydrogens (primary N) is 1. The van der Waals surface area contributed by atoms with Crippen LogP contribution >= 0.6 is 0 Å². The first-order chi connectivity index (χ1) is 9.82. The van der Waals surface area contributed by atoms with E-state index in [0.29, 0.717) is 19.0 Å². The second kappa shape index (κ2) is 5.95. The normalized spacial score (nSPS) is 17.0. The lowest BCUT2D eigenvalue weighted by molar-refractivity contribution is -0.136. The van der Waals surface area contributed by atoms with Crippen LogP contribution in [0.25, 0.3) is 0 Å². The van der Waals surface area contributed by atoms with Crippen molar-refractivity contribution in [1.29, 1.82) is 0 Å². The van der Waals surface area contributed by atoms with Gasteiger partial charge in [0, 0.05) is 24.3 Å². The molecular formula is C15H19F3N2O. The fourth-order valence-electron chi connectivity index (χ4n) is 2.66. The van der Waals surface area contributed by atoms with Gasteiger partial charge in [-0.1, -0.05) is 13.3 Å². The highest BCUT2D eigenvalue weighted by atomic mass is 19.4. The van der Waals surface area contributed by atoms with Crippen LogP contribution in [0.4, 0.5) is 18.9 Å². The number of hydrogen-bond acceptors (Lipinski definition) is 2. The third kappa shape index (κ3) is 3.49. The molecule has 1 aliphatic heterocycles. The minimum atomic E-state index is -4.55. The van der Waals surface area contributed by atoms with Crippen molar-refractivity contribution in [3.05, 3.63) is 29.3 Å². The largest absolute Gasteiger partial charge is 0.418 e. The van der Waals surface area contributed by atoms with Gasteiger partial charge < -0.3 is 10.6 Å². The Morgan fingerprint density at radius 1 is 1.33 bits per heavy atom. The zero-order chi connectivity index (χ0) is 15.6. The summed E-state index contributed by atoms with van der Waals surface area (Å²) < 4.78 is 38.5. The van der Waals surface area contributed by atoms with E-state index in [1.54, 1.807) is 4.90 Å². The van der Waals surface area contributed by atoms with Crippen molar-refractivity contribution in [3.63, 3.8) is 0 Å². The molecule has 1 fully saturated rings. The molecule has 2 rings (SSSR count). The first-order valence-corrected chi connectivity index (χ1v) is 7.09. The van der Waals surface area contributed by atoms with E-state index in [4.69, 9.17) is 5.73 Å². The number of amides is 1. The quantitative estimate of drug-likeness (QED) is 0.849. The zero-order valence-corrected chi connectivity index (χ0v) is 11.9. The van der Waals surface area contributed by atoms with Gasteiger partial charge >= 0.3 is 6.18 Å². The molecular weight excluding hydrogens is 281 g/mol. The van der Waals surface area contributed by atoms with Gasteiger partial charge in [-0.3, -0.25) is 4.79 Å². The number of nitrogen functional groups attached to an aromatic ring is 1. The van der Waals surface area contributed by atoms with Gasteiger partial charge in [0.15, 0.2) is 0 Å². The van der Waals surface area contributed by atoms with E-state index in [1.165, 1.54) is 6.07 Å². The Morgan fingerprint density at radius 3 is 2.48 bits per heavy atom. The lowest BCUT2D eigenvalue weighted by atomic mass is 9.94. The van der Waals surface area contributed by atoms with Gasteiger partial charge in [0.1, 0.15) is 0 Å². The standard InChI is InChI=1S/C15H19F3N2O/c1-2-10-5-7-20(8-6-10)14(21)11-3-4-13(19)12(9-11)15(16,17)18/h3-4,9-10H,2,5-8,19H2,1H3. The van der Waals surface area contributed by atoms with Crippen molar-refractivity contribution in [3.8, 4) is 0 Å². The highest BCUT2D eigenvalue weighted by molar-refractivity contribution is 5.95. The predicted octanol–water partition coefficient (Wildman–Crippen LogP) is 3.55. The van der Waals surface area contributed by atoms with Crippen molar-refractivity contribution in [1.82, 2.24) is 4.90 Å². The summed E-state index contributed by atoms with van der Waals surface area (Å²) in [5.74, 6) is 0.251. The van der Waals surface area contributed by atoms with Crippen molar-refractivity contribution in [2.24, 2.45) is 5.92 Å². The SMILES string of the molecule is CCC1CCN(C(=O)c2ccc(N)c(C(F)(F)F)c2)CC1. The summed E-state index contributed by atoms with van der Waals surface area (Å²) in [5, 5.41) is 0. The number of rotatable bonds is 2. The van der Waals surface area contributed by atoms with Gasteiger partial charge in [0.05, 0.1) is 5.56 Å². The number of halogens is 3. The molecule has 1 aliphatic rings. The molecule has 1 saturated heterocycles. The van der Waals surface area contributed by atoms with Crippen molar-refractivity contribution in [2.75, 3.05) is 18.8 Å². The Balaban J connectivity index is 2.17. The van der Waals surface area contributed by atoms with E-state index in [0.717, 1.165) is 31.4 Å². The molecule has 6 heteroatoms. The maximum absolute atomic E-state index is 12.8. The van der Waals surface area contributed by atoms with E-state index in [-0.39, 0.29) is 17.2 Å². The van der Waals surface area contributed by atoms with E-state index in [1.807, 2.05) is 0 Å². The molecule has 1 aromatic carbocycles.